The van der Waals surface area contributed by atoms with Gasteiger partial charge in [0, 0.05) is 11.3 Å². The average molecular weight is 308 g/mol. The highest BCUT2D eigenvalue weighted by Gasteiger charge is 2.25. The van der Waals surface area contributed by atoms with Gasteiger partial charge in [-0.1, -0.05) is 13.0 Å². The summed E-state index contributed by atoms with van der Waals surface area (Å²) in [6.45, 7) is 4.35. The average Bonchev–Trinajstić information content (AvgIpc) is 2.89. The van der Waals surface area contributed by atoms with Crippen LogP contribution < -0.4 is 11.1 Å². The summed E-state index contributed by atoms with van der Waals surface area (Å²) in [7, 11) is 0. The highest BCUT2D eigenvalue weighted by molar-refractivity contribution is 7.99. The van der Waals surface area contributed by atoms with Crippen LogP contribution in [0.1, 0.15) is 43.5 Å². The molecule has 1 aliphatic carbocycles. The van der Waals surface area contributed by atoms with Crippen molar-refractivity contribution in [3.05, 3.63) is 23.8 Å². The van der Waals surface area contributed by atoms with Gasteiger partial charge in [0.2, 0.25) is 0 Å². The van der Waals surface area contributed by atoms with Crippen molar-refractivity contribution in [2.75, 3.05) is 23.4 Å². The van der Waals surface area contributed by atoms with Crippen molar-refractivity contribution >= 4 is 29.1 Å². The quantitative estimate of drug-likeness (QED) is 0.622. The Bertz CT molecular complexity index is 493. The van der Waals surface area contributed by atoms with Gasteiger partial charge in [0.15, 0.2) is 0 Å². The number of hydrogen-bond donors (Lipinski definition) is 2. The van der Waals surface area contributed by atoms with E-state index < -0.39 is 0 Å². The standard InChI is InChI=1S/C16H24N2O2S/c1-3-20-16(19)13-6-5-7-14(15(13)17)18-11-8-9-12(10-11)21-4-2/h5-7,11-12,18H,3-4,8-10,17H2,1-2H3. The number of rotatable bonds is 6. The predicted octanol–water partition coefficient (Wildman–Crippen LogP) is 3.53. The minimum atomic E-state index is -0.357. The maximum Gasteiger partial charge on any atom is 0.340 e. The van der Waals surface area contributed by atoms with Crippen LogP contribution in [-0.4, -0.2) is 29.6 Å². The molecule has 116 valence electrons. The highest BCUT2D eigenvalue weighted by Crippen LogP contribution is 2.33. The Labute approximate surface area is 130 Å². The molecule has 2 rings (SSSR count). The molecule has 4 nitrogen and oxygen atoms in total. The van der Waals surface area contributed by atoms with E-state index in [1.54, 1.807) is 13.0 Å². The van der Waals surface area contributed by atoms with E-state index in [4.69, 9.17) is 10.5 Å². The summed E-state index contributed by atoms with van der Waals surface area (Å²) in [5.41, 5.74) is 7.89. The number of carbonyl (C=O) groups excluding carboxylic acids is 1. The van der Waals surface area contributed by atoms with Gasteiger partial charge in [-0.05, 0) is 44.1 Å². The zero-order chi connectivity index (χ0) is 15.2. The molecule has 21 heavy (non-hydrogen) atoms. The van der Waals surface area contributed by atoms with Crippen LogP contribution in [-0.2, 0) is 4.74 Å². The van der Waals surface area contributed by atoms with Gasteiger partial charge in [0.1, 0.15) is 0 Å². The molecule has 2 unspecified atom stereocenters. The number of para-hydroxylation sites is 1. The van der Waals surface area contributed by atoms with Gasteiger partial charge in [0.05, 0.1) is 23.5 Å². The topological polar surface area (TPSA) is 64.3 Å². The number of nitrogens with one attached hydrogen (secondary N) is 1. The molecule has 0 aromatic heterocycles. The highest BCUT2D eigenvalue weighted by atomic mass is 32.2. The van der Waals surface area contributed by atoms with E-state index in [0.29, 0.717) is 23.9 Å². The molecule has 0 saturated heterocycles. The van der Waals surface area contributed by atoms with Crippen LogP contribution in [0.4, 0.5) is 11.4 Å². The largest absolute Gasteiger partial charge is 0.462 e. The summed E-state index contributed by atoms with van der Waals surface area (Å²) in [5.74, 6) is 0.808. The van der Waals surface area contributed by atoms with Gasteiger partial charge in [-0.3, -0.25) is 0 Å². The first-order valence-corrected chi connectivity index (χ1v) is 8.64. The summed E-state index contributed by atoms with van der Waals surface area (Å²) < 4.78 is 5.03. The van der Waals surface area contributed by atoms with Gasteiger partial charge in [0.25, 0.3) is 0 Å². The summed E-state index contributed by atoms with van der Waals surface area (Å²) in [4.78, 5) is 11.9. The smallest absolute Gasteiger partial charge is 0.340 e. The summed E-state index contributed by atoms with van der Waals surface area (Å²) in [5, 5.41) is 4.23. The monoisotopic (exact) mass is 308 g/mol. The molecule has 3 N–H and O–H groups in total. The third kappa shape index (κ3) is 4.06. The molecule has 2 atom stereocenters. The van der Waals surface area contributed by atoms with Gasteiger partial charge in [-0.15, -0.1) is 0 Å². The molecular weight excluding hydrogens is 284 g/mol. The maximum atomic E-state index is 11.9. The second-order valence-corrected chi connectivity index (χ2v) is 6.80. The molecule has 0 spiro atoms. The van der Waals surface area contributed by atoms with Gasteiger partial charge in [-0.2, -0.15) is 11.8 Å². The number of ether oxygens (including phenoxy) is 1. The predicted molar refractivity (Wildman–Crippen MR) is 90.0 cm³/mol. The lowest BCUT2D eigenvalue weighted by molar-refractivity contribution is 0.0527. The first-order chi connectivity index (χ1) is 10.2. The Morgan fingerprint density at radius 3 is 2.95 bits per heavy atom. The first-order valence-electron chi connectivity index (χ1n) is 7.59. The van der Waals surface area contributed by atoms with Crippen molar-refractivity contribution in [2.24, 2.45) is 0 Å². The molecule has 1 fully saturated rings. The third-order valence-corrected chi connectivity index (χ3v) is 4.98. The van der Waals surface area contributed by atoms with Crippen molar-refractivity contribution in [2.45, 2.75) is 44.4 Å². The van der Waals surface area contributed by atoms with E-state index in [1.165, 1.54) is 6.42 Å². The normalized spacial score (nSPS) is 21.2. The molecule has 1 aliphatic rings. The summed E-state index contributed by atoms with van der Waals surface area (Å²) >= 11 is 2.03. The number of benzene rings is 1. The zero-order valence-electron chi connectivity index (χ0n) is 12.7. The fourth-order valence-electron chi connectivity index (χ4n) is 2.76. The van der Waals surface area contributed by atoms with Crippen LogP contribution >= 0.6 is 11.8 Å². The second-order valence-electron chi connectivity index (χ2n) is 5.22. The molecule has 0 radical (unpaired) electrons. The van der Waals surface area contributed by atoms with Crippen LogP contribution in [0, 0.1) is 0 Å². The van der Waals surface area contributed by atoms with Crippen LogP contribution in [0.25, 0.3) is 0 Å². The third-order valence-electron chi connectivity index (χ3n) is 3.75. The van der Waals surface area contributed by atoms with E-state index in [2.05, 4.69) is 12.2 Å². The fraction of sp³-hybridized carbons (Fsp3) is 0.562. The minimum absolute atomic E-state index is 0.356. The maximum absolute atomic E-state index is 11.9. The Morgan fingerprint density at radius 1 is 1.43 bits per heavy atom. The summed E-state index contributed by atoms with van der Waals surface area (Å²) in [6, 6.07) is 5.92. The number of carbonyl (C=O) groups is 1. The molecule has 0 amide bonds. The van der Waals surface area contributed by atoms with Crippen molar-refractivity contribution in [3.8, 4) is 0 Å². The number of thioether (sulfide) groups is 1. The SMILES string of the molecule is CCOC(=O)c1cccc(NC2CCC(SCC)C2)c1N. The molecule has 1 aromatic carbocycles. The van der Waals surface area contributed by atoms with E-state index in [1.807, 2.05) is 23.9 Å². The molecule has 0 aliphatic heterocycles. The molecule has 0 bridgehead atoms. The summed E-state index contributed by atoms with van der Waals surface area (Å²) in [6.07, 6.45) is 3.55. The molecule has 5 heteroatoms. The Hall–Kier alpha value is -1.36. The number of nitrogens with two attached hydrogens (primary N) is 1. The van der Waals surface area contributed by atoms with E-state index in [-0.39, 0.29) is 5.97 Å². The van der Waals surface area contributed by atoms with Gasteiger partial charge < -0.3 is 15.8 Å². The minimum Gasteiger partial charge on any atom is -0.462 e. The van der Waals surface area contributed by atoms with Gasteiger partial charge >= 0.3 is 5.97 Å². The lowest BCUT2D eigenvalue weighted by Gasteiger charge is -2.17. The van der Waals surface area contributed by atoms with Crippen molar-refractivity contribution in [1.82, 2.24) is 0 Å². The number of anilines is 2. The van der Waals surface area contributed by atoms with Crippen LogP contribution in [0.15, 0.2) is 18.2 Å². The Morgan fingerprint density at radius 2 is 2.24 bits per heavy atom. The van der Waals surface area contributed by atoms with Crippen molar-refractivity contribution in [3.63, 3.8) is 0 Å². The van der Waals surface area contributed by atoms with E-state index in [9.17, 15) is 4.79 Å². The van der Waals surface area contributed by atoms with Crippen molar-refractivity contribution < 1.29 is 9.53 Å². The molecule has 1 aromatic rings. The Kier molecular flexibility index (Phi) is 5.79. The lowest BCUT2D eigenvalue weighted by atomic mass is 10.1. The van der Waals surface area contributed by atoms with Crippen LogP contribution in [0.5, 0.6) is 0 Å². The zero-order valence-corrected chi connectivity index (χ0v) is 13.5. The Balaban J connectivity index is 2.04. The first kappa shape index (κ1) is 16.0. The number of nitrogen functional groups attached to an aromatic ring is 1. The lowest BCUT2D eigenvalue weighted by Crippen LogP contribution is -2.18. The van der Waals surface area contributed by atoms with Crippen LogP contribution in [0.3, 0.4) is 0 Å². The van der Waals surface area contributed by atoms with Crippen molar-refractivity contribution in [1.29, 1.82) is 0 Å². The van der Waals surface area contributed by atoms with E-state index in [0.717, 1.165) is 29.5 Å². The number of esters is 1. The van der Waals surface area contributed by atoms with Gasteiger partial charge in [-0.25, -0.2) is 4.79 Å². The number of hydrogen-bond acceptors (Lipinski definition) is 5. The second kappa shape index (κ2) is 7.59. The molecule has 0 heterocycles. The molecular formula is C16H24N2O2S. The molecule has 1 saturated carbocycles. The fourth-order valence-corrected chi connectivity index (χ4v) is 3.90. The van der Waals surface area contributed by atoms with E-state index >= 15 is 0 Å². The van der Waals surface area contributed by atoms with Crippen LogP contribution in [0.2, 0.25) is 0 Å².